The lowest BCUT2D eigenvalue weighted by Gasteiger charge is -2.13. The number of hydrogen-bond donors (Lipinski definition) is 0. The molecule has 0 saturated carbocycles. The van der Waals surface area contributed by atoms with Crippen LogP contribution in [0.5, 0.6) is 0 Å². The molecular formula is C20H16O2. The van der Waals surface area contributed by atoms with Gasteiger partial charge in [-0.2, -0.15) is 0 Å². The third kappa shape index (κ3) is 2.77. The minimum atomic E-state index is 0.476. The molecule has 2 nitrogen and oxygen atoms in total. The number of hydrogen-bond acceptors (Lipinski definition) is 2. The quantitative estimate of drug-likeness (QED) is 0.496. The van der Waals surface area contributed by atoms with Gasteiger partial charge < -0.3 is 4.74 Å². The van der Waals surface area contributed by atoms with E-state index < -0.39 is 0 Å². The summed E-state index contributed by atoms with van der Waals surface area (Å²) in [5.74, 6) is 0.609. The van der Waals surface area contributed by atoms with E-state index in [9.17, 15) is 4.79 Å². The molecule has 0 aromatic heterocycles. The van der Waals surface area contributed by atoms with Gasteiger partial charge in [-0.15, -0.1) is 0 Å². The summed E-state index contributed by atoms with van der Waals surface area (Å²) >= 11 is 0. The van der Waals surface area contributed by atoms with E-state index in [1.54, 1.807) is 0 Å². The molecule has 0 aliphatic heterocycles. The Morgan fingerprint density at radius 2 is 1.59 bits per heavy atom. The van der Waals surface area contributed by atoms with Crippen LogP contribution in [0.4, 0.5) is 0 Å². The summed E-state index contributed by atoms with van der Waals surface area (Å²) in [5.41, 5.74) is 2.69. The van der Waals surface area contributed by atoms with E-state index >= 15 is 0 Å². The summed E-state index contributed by atoms with van der Waals surface area (Å²) < 4.78 is 5.81. The Kier molecular flexibility index (Phi) is 4.01. The first-order valence-corrected chi connectivity index (χ1v) is 7.12. The van der Waals surface area contributed by atoms with Gasteiger partial charge in [0, 0.05) is 11.1 Å². The maximum absolute atomic E-state index is 11.2. The molecule has 0 unspecified atom stereocenters. The lowest BCUT2D eigenvalue weighted by Crippen LogP contribution is -1.95. The molecule has 0 aliphatic rings. The first-order valence-electron chi connectivity index (χ1n) is 7.12. The summed E-state index contributed by atoms with van der Waals surface area (Å²) in [5, 5.41) is 1.89. The molecule has 108 valence electrons. The predicted molar refractivity (Wildman–Crippen MR) is 89.6 cm³/mol. The fraction of sp³-hybridized carbons (Fsp3) is 0.0500. The molecule has 3 rings (SSSR count). The molecule has 0 bridgehead atoms. The van der Waals surface area contributed by atoms with Crippen molar-refractivity contribution < 1.29 is 9.53 Å². The Hall–Kier alpha value is -2.87. The topological polar surface area (TPSA) is 26.3 Å². The number of benzene rings is 3. The highest BCUT2D eigenvalue weighted by Gasteiger charge is 2.09. The van der Waals surface area contributed by atoms with Crippen LogP contribution in [0.25, 0.3) is 16.5 Å². The standard InChI is InChI=1S/C20H16O2/c1-15(22-14-16-7-3-2-4-8-16)18-12-11-17(13-21)19-9-5-6-10-20(18)19/h2-13H,1,14H2. The maximum atomic E-state index is 11.2. The van der Waals surface area contributed by atoms with Gasteiger partial charge in [-0.25, -0.2) is 0 Å². The van der Waals surface area contributed by atoms with Crippen molar-refractivity contribution in [1.29, 1.82) is 0 Å². The third-order valence-corrected chi connectivity index (χ3v) is 3.64. The van der Waals surface area contributed by atoms with E-state index in [4.69, 9.17) is 4.74 Å². The van der Waals surface area contributed by atoms with Gasteiger partial charge in [-0.05, 0) is 22.4 Å². The molecular weight excluding hydrogens is 272 g/mol. The number of carbonyl (C=O) groups is 1. The molecule has 0 fully saturated rings. The monoisotopic (exact) mass is 288 g/mol. The van der Waals surface area contributed by atoms with Crippen LogP contribution >= 0.6 is 0 Å². The van der Waals surface area contributed by atoms with Crippen molar-refractivity contribution in [3.63, 3.8) is 0 Å². The van der Waals surface area contributed by atoms with Gasteiger partial charge in [-0.3, -0.25) is 4.79 Å². The van der Waals surface area contributed by atoms with Gasteiger partial charge in [0.2, 0.25) is 0 Å². The van der Waals surface area contributed by atoms with E-state index in [0.29, 0.717) is 17.9 Å². The fourth-order valence-electron chi connectivity index (χ4n) is 2.49. The SMILES string of the molecule is C=C(OCc1ccccc1)c1ccc(C=O)c2ccccc12. The molecule has 0 N–H and O–H groups in total. The Bertz CT molecular complexity index is 819. The zero-order valence-corrected chi connectivity index (χ0v) is 12.2. The van der Waals surface area contributed by atoms with E-state index in [1.807, 2.05) is 66.7 Å². The summed E-state index contributed by atoms with van der Waals surface area (Å²) in [6, 6.07) is 21.5. The summed E-state index contributed by atoms with van der Waals surface area (Å²) in [6.07, 6.45) is 0.875. The summed E-state index contributed by atoms with van der Waals surface area (Å²) in [4.78, 5) is 11.2. The zero-order valence-electron chi connectivity index (χ0n) is 12.2. The summed E-state index contributed by atoms with van der Waals surface area (Å²) in [6.45, 7) is 4.51. The van der Waals surface area contributed by atoms with Crippen LogP contribution in [0.1, 0.15) is 21.5 Å². The molecule has 0 saturated heterocycles. The second-order valence-corrected chi connectivity index (χ2v) is 5.06. The van der Waals surface area contributed by atoms with Gasteiger partial charge in [0.15, 0.2) is 6.29 Å². The normalized spacial score (nSPS) is 10.4. The Morgan fingerprint density at radius 1 is 0.909 bits per heavy atom. The van der Waals surface area contributed by atoms with E-state index in [1.165, 1.54) is 0 Å². The van der Waals surface area contributed by atoms with E-state index in [0.717, 1.165) is 28.2 Å². The molecule has 3 aromatic rings. The van der Waals surface area contributed by atoms with Gasteiger partial charge in [0.1, 0.15) is 12.4 Å². The highest BCUT2D eigenvalue weighted by atomic mass is 16.5. The minimum Gasteiger partial charge on any atom is -0.489 e. The molecule has 22 heavy (non-hydrogen) atoms. The maximum Gasteiger partial charge on any atom is 0.150 e. The van der Waals surface area contributed by atoms with Crippen molar-refractivity contribution in [3.8, 4) is 0 Å². The van der Waals surface area contributed by atoms with Gasteiger partial charge in [0.05, 0.1) is 0 Å². The van der Waals surface area contributed by atoms with Gasteiger partial charge in [-0.1, -0.05) is 67.2 Å². The molecule has 3 aromatic carbocycles. The largest absolute Gasteiger partial charge is 0.489 e. The molecule has 0 radical (unpaired) electrons. The number of ether oxygens (including phenoxy) is 1. The van der Waals surface area contributed by atoms with Crippen molar-refractivity contribution in [2.75, 3.05) is 0 Å². The number of fused-ring (bicyclic) bond motifs is 1. The number of rotatable bonds is 5. The molecule has 0 spiro atoms. The van der Waals surface area contributed by atoms with Crippen LogP contribution < -0.4 is 0 Å². The smallest absolute Gasteiger partial charge is 0.150 e. The average Bonchev–Trinajstić information content (AvgIpc) is 2.59. The van der Waals surface area contributed by atoms with Gasteiger partial charge >= 0.3 is 0 Å². The Labute approximate surface area is 129 Å². The van der Waals surface area contributed by atoms with Crippen molar-refractivity contribution in [2.45, 2.75) is 6.61 Å². The Balaban J connectivity index is 1.90. The lowest BCUT2D eigenvalue weighted by molar-refractivity contribution is 0.112. The highest BCUT2D eigenvalue weighted by Crippen LogP contribution is 2.27. The number of aldehydes is 1. The molecule has 0 heterocycles. The lowest BCUT2D eigenvalue weighted by atomic mass is 9.99. The van der Waals surface area contributed by atoms with Crippen LogP contribution in [0.15, 0.2) is 73.3 Å². The van der Waals surface area contributed by atoms with E-state index in [-0.39, 0.29) is 0 Å². The van der Waals surface area contributed by atoms with E-state index in [2.05, 4.69) is 6.58 Å². The molecule has 0 atom stereocenters. The van der Waals surface area contributed by atoms with Crippen molar-refractivity contribution in [3.05, 3.63) is 90.0 Å². The zero-order chi connectivity index (χ0) is 15.4. The van der Waals surface area contributed by atoms with Crippen LogP contribution in [0.3, 0.4) is 0 Å². The first kappa shape index (κ1) is 14.1. The second-order valence-electron chi connectivity index (χ2n) is 5.06. The van der Waals surface area contributed by atoms with Gasteiger partial charge in [0.25, 0.3) is 0 Å². The average molecular weight is 288 g/mol. The highest BCUT2D eigenvalue weighted by molar-refractivity contribution is 6.02. The first-order chi connectivity index (χ1) is 10.8. The Morgan fingerprint density at radius 3 is 2.32 bits per heavy atom. The number of carbonyl (C=O) groups excluding carboxylic acids is 1. The third-order valence-electron chi connectivity index (χ3n) is 3.64. The molecule has 2 heteroatoms. The van der Waals surface area contributed by atoms with Crippen molar-refractivity contribution >= 4 is 22.8 Å². The van der Waals surface area contributed by atoms with Crippen molar-refractivity contribution in [2.24, 2.45) is 0 Å². The predicted octanol–water partition coefficient (Wildman–Crippen LogP) is 4.84. The van der Waals surface area contributed by atoms with Crippen LogP contribution in [-0.2, 0) is 11.3 Å². The molecule has 0 amide bonds. The van der Waals surface area contributed by atoms with Crippen LogP contribution in [-0.4, -0.2) is 6.29 Å². The van der Waals surface area contributed by atoms with Crippen LogP contribution in [0.2, 0.25) is 0 Å². The second kappa shape index (κ2) is 6.27. The van der Waals surface area contributed by atoms with Crippen LogP contribution in [0, 0.1) is 0 Å². The molecule has 0 aliphatic carbocycles. The fourth-order valence-corrected chi connectivity index (χ4v) is 2.49. The minimum absolute atomic E-state index is 0.476. The summed E-state index contributed by atoms with van der Waals surface area (Å²) in [7, 11) is 0. The van der Waals surface area contributed by atoms with Crippen molar-refractivity contribution in [1.82, 2.24) is 0 Å².